The van der Waals surface area contributed by atoms with Gasteiger partial charge in [0, 0.05) is 18.4 Å². The summed E-state index contributed by atoms with van der Waals surface area (Å²) in [5, 5.41) is 7.55. The lowest BCUT2D eigenvalue weighted by atomic mass is 9.97. The Balaban J connectivity index is 1.61. The van der Waals surface area contributed by atoms with Crippen molar-refractivity contribution >= 4 is 11.9 Å². The number of nitrogens with two attached hydrogens (primary N) is 1. The van der Waals surface area contributed by atoms with E-state index in [9.17, 15) is 9.59 Å². The molecule has 3 aromatic rings. The lowest BCUT2D eigenvalue weighted by Crippen LogP contribution is -2.35. The van der Waals surface area contributed by atoms with E-state index in [0.717, 1.165) is 22.3 Å². The van der Waals surface area contributed by atoms with Gasteiger partial charge in [-0.05, 0) is 47.9 Å². The van der Waals surface area contributed by atoms with Crippen LogP contribution < -0.4 is 5.73 Å². The van der Waals surface area contributed by atoms with Crippen LogP contribution in [0.2, 0.25) is 0 Å². The third-order valence-electron chi connectivity index (χ3n) is 4.72. The third-order valence-corrected chi connectivity index (χ3v) is 4.72. The molecule has 0 bridgehead atoms. The maximum Gasteiger partial charge on any atom is 0.339 e. The van der Waals surface area contributed by atoms with Gasteiger partial charge in [-0.25, -0.2) is 4.79 Å². The minimum Gasteiger partial charge on any atom is -0.445 e. The summed E-state index contributed by atoms with van der Waals surface area (Å²) in [5.41, 5.74) is 8.21. The number of esters is 1. The molecule has 4 rings (SSSR count). The highest BCUT2D eigenvalue weighted by atomic mass is 16.6. The van der Waals surface area contributed by atoms with Crippen LogP contribution in [0.5, 0.6) is 0 Å². The van der Waals surface area contributed by atoms with Gasteiger partial charge in [0.15, 0.2) is 5.60 Å². The van der Waals surface area contributed by atoms with Crippen molar-refractivity contribution in [3.05, 3.63) is 60.0 Å². The zero-order chi connectivity index (χ0) is 19.0. The first-order valence-corrected chi connectivity index (χ1v) is 8.49. The molecule has 2 aromatic carbocycles. The van der Waals surface area contributed by atoms with Crippen LogP contribution in [-0.4, -0.2) is 27.7 Å². The number of aromatic nitrogens is 2. The second-order valence-electron chi connectivity index (χ2n) is 6.60. The molecule has 1 aliphatic carbocycles. The molecule has 1 aromatic heterocycles. The Morgan fingerprint density at radius 1 is 1.11 bits per heavy atom. The van der Waals surface area contributed by atoms with Gasteiger partial charge in [0.2, 0.25) is 12.3 Å². The highest BCUT2D eigenvalue weighted by Crippen LogP contribution is 2.40. The van der Waals surface area contributed by atoms with Gasteiger partial charge >= 0.3 is 5.97 Å². The van der Waals surface area contributed by atoms with Crippen molar-refractivity contribution < 1.29 is 18.7 Å². The predicted molar refractivity (Wildman–Crippen MR) is 96.5 cm³/mol. The number of nitrogens with zero attached hydrogens (tertiary/aromatic N) is 2. The topological polar surface area (TPSA) is 108 Å². The lowest BCUT2D eigenvalue weighted by Gasteiger charge is -2.14. The van der Waals surface area contributed by atoms with Gasteiger partial charge < -0.3 is 14.9 Å². The summed E-state index contributed by atoms with van der Waals surface area (Å²) in [7, 11) is 0. The first-order valence-electron chi connectivity index (χ1n) is 8.49. The monoisotopic (exact) mass is 363 g/mol. The molecule has 1 fully saturated rings. The van der Waals surface area contributed by atoms with Crippen molar-refractivity contribution in [2.75, 3.05) is 0 Å². The number of hydrogen-bond donors (Lipinski definition) is 1. The smallest absolute Gasteiger partial charge is 0.339 e. The van der Waals surface area contributed by atoms with Crippen LogP contribution in [0, 0.1) is 6.92 Å². The molecular weight excluding hydrogens is 346 g/mol. The van der Waals surface area contributed by atoms with Crippen molar-refractivity contribution in [2.24, 2.45) is 5.73 Å². The van der Waals surface area contributed by atoms with Gasteiger partial charge in [-0.3, -0.25) is 4.79 Å². The van der Waals surface area contributed by atoms with Gasteiger partial charge in [0.1, 0.15) is 0 Å². The van der Waals surface area contributed by atoms with E-state index in [-0.39, 0.29) is 0 Å². The standard InChI is InChI=1S/C20H17N3O4/c1-12-2-3-15(18(24)27-20(8-9-20)19(21)25)10-16(12)13-4-6-14(7-5-13)17-23-22-11-26-17/h2-7,10-11H,8-9H2,1H3,(H2,21,25). The van der Waals surface area contributed by atoms with Crippen LogP contribution in [-0.2, 0) is 9.53 Å². The van der Waals surface area contributed by atoms with Gasteiger partial charge in [0.05, 0.1) is 5.56 Å². The average molecular weight is 363 g/mol. The van der Waals surface area contributed by atoms with E-state index < -0.39 is 17.5 Å². The van der Waals surface area contributed by atoms with Crippen molar-refractivity contribution in [2.45, 2.75) is 25.4 Å². The minimum atomic E-state index is -1.13. The molecule has 0 unspecified atom stereocenters. The molecule has 7 nitrogen and oxygen atoms in total. The number of rotatable bonds is 5. The molecular formula is C20H17N3O4. The molecule has 27 heavy (non-hydrogen) atoms. The van der Waals surface area contributed by atoms with Gasteiger partial charge in [-0.1, -0.05) is 18.2 Å². The predicted octanol–water partition coefficient (Wildman–Crippen LogP) is 2.89. The minimum absolute atomic E-state index is 0.379. The highest BCUT2D eigenvalue weighted by Gasteiger charge is 2.53. The SMILES string of the molecule is Cc1ccc(C(=O)OC2(C(N)=O)CC2)cc1-c1ccc(-c2nnco2)cc1. The highest BCUT2D eigenvalue weighted by molar-refractivity contribution is 5.96. The van der Waals surface area contributed by atoms with E-state index in [0.29, 0.717) is 24.3 Å². The van der Waals surface area contributed by atoms with Crippen LogP contribution in [0.4, 0.5) is 0 Å². The molecule has 7 heteroatoms. The number of ether oxygens (including phenoxy) is 1. The van der Waals surface area contributed by atoms with Gasteiger partial charge in [-0.2, -0.15) is 0 Å². The molecule has 0 spiro atoms. The van der Waals surface area contributed by atoms with Crippen molar-refractivity contribution in [1.82, 2.24) is 10.2 Å². The number of hydrogen-bond acceptors (Lipinski definition) is 6. The largest absolute Gasteiger partial charge is 0.445 e. The summed E-state index contributed by atoms with van der Waals surface area (Å²) in [4.78, 5) is 23.9. The van der Waals surface area contributed by atoms with Crippen LogP contribution in [0.3, 0.4) is 0 Å². The molecule has 0 radical (unpaired) electrons. The summed E-state index contributed by atoms with van der Waals surface area (Å²) in [5.74, 6) is -0.702. The number of carbonyl (C=O) groups excluding carboxylic acids is 2. The number of primary amides is 1. The molecule has 1 amide bonds. The zero-order valence-corrected chi connectivity index (χ0v) is 14.6. The van der Waals surface area contributed by atoms with Crippen LogP contribution >= 0.6 is 0 Å². The van der Waals surface area contributed by atoms with E-state index >= 15 is 0 Å². The number of carbonyl (C=O) groups is 2. The fourth-order valence-electron chi connectivity index (χ4n) is 2.90. The van der Waals surface area contributed by atoms with E-state index in [1.165, 1.54) is 6.39 Å². The summed E-state index contributed by atoms with van der Waals surface area (Å²) in [6.07, 6.45) is 2.23. The van der Waals surface area contributed by atoms with E-state index in [1.807, 2.05) is 37.3 Å². The first-order chi connectivity index (χ1) is 13.0. The summed E-state index contributed by atoms with van der Waals surface area (Å²) >= 11 is 0. The van der Waals surface area contributed by atoms with Crippen molar-refractivity contribution in [3.8, 4) is 22.6 Å². The summed E-state index contributed by atoms with van der Waals surface area (Å²) in [6.45, 7) is 1.96. The molecule has 2 N–H and O–H groups in total. The Bertz CT molecular complexity index is 1010. The van der Waals surface area contributed by atoms with Crippen LogP contribution in [0.1, 0.15) is 28.8 Å². The van der Waals surface area contributed by atoms with Gasteiger partial charge in [-0.15, -0.1) is 10.2 Å². The second kappa shape index (κ2) is 6.35. The Hall–Kier alpha value is -3.48. The molecule has 1 heterocycles. The lowest BCUT2D eigenvalue weighted by molar-refractivity contribution is -0.128. The van der Waals surface area contributed by atoms with E-state index in [4.69, 9.17) is 14.9 Å². The average Bonchev–Trinajstić information content (AvgIpc) is 3.25. The summed E-state index contributed by atoms with van der Waals surface area (Å²) in [6, 6.07) is 12.9. The maximum atomic E-state index is 12.5. The Morgan fingerprint density at radius 2 is 1.81 bits per heavy atom. The molecule has 1 saturated carbocycles. The van der Waals surface area contributed by atoms with Gasteiger partial charge in [0.25, 0.3) is 5.91 Å². The first kappa shape index (κ1) is 17.0. The second-order valence-corrected chi connectivity index (χ2v) is 6.60. The molecule has 0 saturated heterocycles. The molecule has 1 aliphatic rings. The molecule has 136 valence electrons. The Kier molecular flexibility index (Phi) is 3.99. The Labute approximate surface area is 155 Å². The maximum absolute atomic E-state index is 12.5. The number of aryl methyl sites for hydroxylation is 1. The molecule has 0 aliphatic heterocycles. The summed E-state index contributed by atoms with van der Waals surface area (Å²) < 4.78 is 10.5. The third kappa shape index (κ3) is 3.19. The quantitative estimate of drug-likeness (QED) is 0.698. The fourth-order valence-corrected chi connectivity index (χ4v) is 2.90. The van der Waals surface area contributed by atoms with Crippen LogP contribution in [0.15, 0.2) is 53.3 Å². The number of benzene rings is 2. The fraction of sp³-hybridized carbons (Fsp3) is 0.200. The molecule has 0 atom stereocenters. The van der Waals surface area contributed by atoms with E-state index in [1.54, 1.807) is 12.1 Å². The zero-order valence-electron chi connectivity index (χ0n) is 14.6. The van der Waals surface area contributed by atoms with Crippen molar-refractivity contribution in [1.29, 1.82) is 0 Å². The van der Waals surface area contributed by atoms with Crippen molar-refractivity contribution in [3.63, 3.8) is 0 Å². The van der Waals surface area contributed by atoms with E-state index in [2.05, 4.69) is 10.2 Å². The number of amides is 1. The normalized spacial score (nSPS) is 14.6. The Morgan fingerprint density at radius 3 is 2.41 bits per heavy atom. The van der Waals surface area contributed by atoms with Crippen LogP contribution in [0.25, 0.3) is 22.6 Å².